The topological polar surface area (TPSA) is 71.3 Å². The van der Waals surface area contributed by atoms with Crippen molar-refractivity contribution >= 4 is 23.6 Å². The summed E-state index contributed by atoms with van der Waals surface area (Å²) >= 11 is 1.45. The highest BCUT2D eigenvalue weighted by Gasteiger charge is 2.51. The minimum atomic E-state index is -0.117. The number of carbonyl (C=O) groups excluding carboxylic acids is 2. The number of hydrogen-bond acceptors (Lipinski definition) is 4. The molecule has 6 rings (SSSR count). The van der Waals surface area contributed by atoms with Gasteiger partial charge in [-0.2, -0.15) is 0 Å². The molecule has 32 heavy (non-hydrogen) atoms. The van der Waals surface area contributed by atoms with Crippen LogP contribution in [0.15, 0.2) is 52.0 Å². The molecule has 4 aliphatic carbocycles. The molecule has 0 aliphatic heterocycles. The maximum atomic E-state index is 12.9. The Morgan fingerprint density at radius 2 is 1.75 bits per heavy atom. The zero-order valence-electron chi connectivity index (χ0n) is 18.6. The first-order valence-electron chi connectivity index (χ1n) is 11.8. The average Bonchev–Trinajstić information content (AvgIpc) is 3.24. The molecule has 170 valence electrons. The van der Waals surface area contributed by atoms with Gasteiger partial charge in [-0.15, -0.1) is 11.8 Å². The predicted octanol–water partition coefficient (Wildman–Crippen LogP) is 4.82. The van der Waals surface area contributed by atoms with Gasteiger partial charge in [0.1, 0.15) is 5.76 Å². The van der Waals surface area contributed by atoms with Crippen LogP contribution in [0.25, 0.3) is 0 Å². The van der Waals surface area contributed by atoms with E-state index in [1.165, 1.54) is 31.0 Å². The highest BCUT2D eigenvalue weighted by Crippen LogP contribution is 2.55. The molecule has 0 radical (unpaired) electrons. The number of thioether (sulfide) groups is 1. The fourth-order valence-electron chi connectivity index (χ4n) is 6.60. The van der Waals surface area contributed by atoms with E-state index in [0.717, 1.165) is 47.7 Å². The van der Waals surface area contributed by atoms with Gasteiger partial charge in [0.25, 0.3) is 5.91 Å². The molecule has 2 N–H and O–H groups in total. The first-order chi connectivity index (χ1) is 15.5. The zero-order valence-corrected chi connectivity index (χ0v) is 19.5. The first-order valence-corrected chi connectivity index (χ1v) is 12.8. The molecular weight excluding hydrogens is 420 g/mol. The molecule has 1 unspecified atom stereocenters. The SMILES string of the molecule is CC(Cc1ccco1)NC(=O)c1ccccc1SCC(=O)NC12CC3CC(CC(C3)C1)C2. The molecule has 2 aromatic rings. The first kappa shape index (κ1) is 21.6. The van der Waals surface area contributed by atoms with Crippen LogP contribution in [0.4, 0.5) is 0 Å². The summed E-state index contributed by atoms with van der Waals surface area (Å²) in [5, 5.41) is 6.48. The molecule has 6 heteroatoms. The molecule has 1 heterocycles. The third-order valence-electron chi connectivity index (χ3n) is 7.40. The Labute approximate surface area is 194 Å². The maximum Gasteiger partial charge on any atom is 0.252 e. The van der Waals surface area contributed by atoms with Crippen LogP contribution >= 0.6 is 11.8 Å². The van der Waals surface area contributed by atoms with Crippen LogP contribution in [0.2, 0.25) is 0 Å². The fourth-order valence-corrected chi connectivity index (χ4v) is 7.45. The number of carbonyl (C=O) groups is 2. The van der Waals surface area contributed by atoms with Crippen molar-refractivity contribution < 1.29 is 14.0 Å². The van der Waals surface area contributed by atoms with E-state index in [1.807, 2.05) is 43.3 Å². The number of rotatable bonds is 8. The van der Waals surface area contributed by atoms with Crippen LogP contribution in [0.5, 0.6) is 0 Å². The predicted molar refractivity (Wildman–Crippen MR) is 126 cm³/mol. The van der Waals surface area contributed by atoms with E-state index in [2.05, 4.69) is 10.6 Å². The molecular formula is C26H32N2O3S. The molecule has 1 atom stereocenters. The lowest BCUT2D eigenvalue weighted by Gasteiger charge is -2.56. The van der Waals surface area contributed by atoms with Gasteiger partial charge in [0.2, 0.25) is 5.91 Å². The van der Waals surface area contributed by atoms with E-state index in [0.29, 0.717) is 17.7 Å². The summed E-state index contributed by atoms with van der Waals surface area (Å²) in [4.78, 5) is 26.6. The van der Waals surface area contributed by atoms with E-state index < -0.39 is 0 Å². The third kappa shape index (κ3) is 4.75. The third-order valence-corrected chi connectivity index (χ3v) is 8.47. The number of amides is 2. The van der Waals surface area contributed by atoms with Crippen molar-refractivity contribution in [2.75, 3.05) is 5.75 Å². The van der Waals surface area contributed by atoms with Crippen LogP contribution < -0.4 is 10.6 Å². The lowest BCUT2D eigenvalue weighted by atomic mass is 9.53. The van der Waals surface area contributed by atoms with Gasteiger partial charge in [-0.3, -0.25) is 9.59 Å². The van der Waals surface area contributed by atoms with Crippen molar-refractivity contribution in [3.8, 4) is 0 Å². The summed E-state index contributed by atoms with van der Waals surface area (Å²) in [6, 6.07) is 11.3. The standard InChI is InChI=1S/C26H32N2O3S/c1-17(9-21-5-4-8-31-21)27-25(30)22-6-2-3-7-23(22)32-16-24(29)28-26-13-18-10-19(14-26)12-20(11-18)15-26/h2-8,17-20H,9-16H2,1H3,(H,27,30)(H,28,29). The van der Waals surface area contributed by atoms with Crippen LogP contribution in [0.1, 0.15) is 61.6 Å². The highest BCUT2D eigenvalue weighted by molar-refractivity contribution is 8.00. The van der Waals surface area contributed by atoms with Gasteiger partial charge in [0.15, 0.2) is 0 Å². The summed E-state index contributed by atoms with van der Waals surface area (Å²) in [6.45, 7) is 1.97. The van der Waals surface area contributed by atoms with Gasteiger partial charge in [0, 0.05) is 22.9 Å². The van der Waals surface area contributed by atoms with Gasteiger partial charge in [-0.1, -0.05) is 12.1 Å². The maximum absolute atomic E-state index is 12.9. The van der Waals surface area contributed by atoms with Crippen LogP contribution in [-0.2, 0) is 11.2 Å². The molecule has 4 aliphatic rings. The zero-order chi connectivity index (χ0) is 22.1. The molecule has 4 bridgehead atoms. The Hall–Kier alpha value is -2.21. The number of hydrogen-bond donors (Lipinski definition) is 2. The van der Waals surface area contributed by atoms with Crippen molar-refractivity contribution in [1.82, 2.24) is 10.6 Å². The normalized spacial score (nSPS) is 29.0. The Morgan fingerprint density at radius 3 is 2.41 bits per heavy atom. The number of furan rings is 1. The van der Waals surface area contributed by atoms with E-state index in [1.54, 1.807) is 6.26 Å². The van der Waals surface area contributed by atoms with Crippen molar-refractivity contribution in [2.24, 2.45) is 17.8 Å². The molecule has 4 saturated carbocycles. The summed E-state index contributed by atoms with van der Waals surface area (Å²) in [6.07, 6.45) is 9.85. The molecule has 0 spiro atoms. The molecule has 4 fully saturated rings. The van der Waals surface area contributed by atoms with E-state index in [-0.39, 0.29) is 23.4 Å². The van der Waals surface area contributed by atoms with Gasteiger partial charge in [-0.05, 0) is 87.5 Å². The molecule has 1 aromatic heterocycles. The lowest BCUT2D eigenvalue weighted by molar-refractivity contribution is -0.124. The van der Waals surface area contributed by atoms with Crippen LogP contribution in [0, 0.1) is 17.8 Å². The minimum absolute atomic E-state index is 0.0323. The fraction of sp³-hybridized carbons (Fsp3) is 0.538. The van der Waals surface area contributed by atoms with E-state index in [4.69, 9.17) is 4.42 Å². The van der Waals surface area contributed by atoms with E-state index >= 15 is 0 Å². The second-order valence-electron chi connectivity index (χ2n) is 10.2. The Morgan fingerprint density at radius 1 is 1.06 bits per heavy atom. The van der Waals surface area contributed by atoms with Crippen LogP contribution in [0.3, 0.4) is 0 Å². The van der Waals surface area contributed by atoms with Crippen molar-refractivity contribution in [3.05, 3.63) is 54.0 Å². The molecule has 1 aromatic carbocycles. The summed E-state index contributed by atoms with van der Waals surface area (Å²) in [5.74, 6) is 3.59. The second kappa shape index (κ2) is 8.97. The van der Waals surface area contributed by atoms with Gasteiger partial charge in [0.05, 0.1) is 17.6 Å². The monoisotopic (exact) mass is 452 g/mol. The quantitative estimate of drug-likeness (QED) is 0.564. The Kier molecular flexibility index (Phi) is 6.06. The Balaban J connectivity index is 1.17. The molecule has 0 saturated heterocycles. The van der Waals surface area contributed by atoms with Crippen molar-refractivity contribution in [1.29, 1.82) is 0 Å². The van der Waals surface area contributed by atoms with Gasteiger partial charge < -0.3 is 15.1 Å². The largest absolute Gasteiger partial charge is 0.469 e. The number of benzene rings is 1. The van der Waals surface area contributed by atoms with Gasteiger partial charge >= 0.3 is 0 Å². The lowest BCUT2D eigenvalue weighted by Crippen LogP contribution is -2.60. The smallest absolute Gasteiger partial charge is 0.252 e. The summed E-state index contributed by atoms with van der Waals surface area (Å²) in [7, 11) is 0. The Bertz CT molecular complexity index is 936. The van der Waals surface area contributed by atoms with E-state index in [9.17, 15) is 9.59 Å². The summed E-state index contributed by atoms with van der Waals surface area (Å²) < 4.78 is 5.38. The highest BCUT2D eigenvalue weighted by atomic mass is 32.2. The average molecular weight is 453 g/mol. The van der Waals surface area contributed by atoms with Gasteiger partial charge in [-0.25, -0.2) is 0 Å². The molecule has 2 amide bonds. The molecule has 5 nitrogen and oxygen atoms in total. The second-order valence-corrected chi connectivity index (χ2v) is 11.2. The minimum Gasteiger partial charge on any atom is -0.469 e. The van der Waals surface area contributed by atoms with Crippen molar-refractivity contribution in [2.45, 2.75) is 68.3 Å². The van der Waals surface area contributed by atoms with Crippen LogP contribution in [-0.4, -0.2) is 29.1 Å². The summed E-state index contributed by atoms with van der Waals surface area (Å²) in [5.41, 5.74) is 0.649. The number of nitrogens with one attached hydrogen (secondary N) is 2. The van der Waals surface area contributed by atoms with Crippen molar-refractivity contribution in [3.63, 3.8) is 0 Å².